The number of nitro benzene ring substituents is 1. The third-order valence-electron chi connectivity index (χ3n) is 1.46. The van der Waals surface area contributed by atoms with E-state index in [0.29, 0.717) is 5.33 Å². The van der Waals surface area contributed by atoms with Crippen LogP contribution >= 0.6 is 43.5 Å². The number of hydrogen-bond acceptors (Lipinski definition) is 2. The van der Waals surface area contributed by atoms with Crippen LogP contribution in [0.25, 0.3) is 0 Å². The van der Waals surface area contributed by atoms with Gasteiger partial charge >= 0.3 is 0 Å². The van der Waals surface area contributed by atoms with E-state index in [9.17, 15) is 10.1 Å². The lowest BCUT2D eigenvalue weighted by Gasteiger charge is -2.01. The summed E-state index contributed by atoms with van der Waals surface area (Å²) in [5.74, 6) is 0. The zero-order valence-corrected chi connectivity index (χ0v) is 10.2. The molecule has 1 aromatic carbocycles. The van der Waals surface area contributed by atoms with E-state index in [4.69, 9.17) is 11.6 Å². The van der Waals surface area contributed by atoms with Crippen molar-refractivity contribution in [3.05, 3.63) is 37.3 Å². The Morgan fingerprint density at radius 1 is 1.54 bits per heavy atom. The number of rotatable bonds is 2. The van der Waals surface area contributed by atoms with E-state index < -0.39 is 4.92 Å². The molecule has 0 aromatic heterocycles. The van der Waals surface area contributed by atoms with E-state index >= 15 is 0 Å². The molecule has 0 N–H and O–H groups in total. The molecule has 0 aliphatic carbocycles. The fourth-order valence-corrected chi connectivity index (χ4v) is 2.51. The second-order valence-corrected chi connectivity index (χ2v) is 4.11. The Hall–Kier alpha value is -0.130. The van der Waals surface area contributed by atoms with E-state index in [-0.39, 0.29) is 10.7 Å². The average Bonchev–Trinajstić information content (AvgIpc) is 2.03. The van der Waals surface area contributed by atoms with Gasteiger partial charge in [0.2, 0.25) is 0 Å². The van der Waals surface area contributed by atoms with Crippen molar-refractivity contribution in [2.75, 3.05) is 0 Å². The summed E-state index contributed by atoms with van der Waals surface area (Å²) in [6.07, 6.45) is 0. The summed E-state index contributed by atoms with van der Waals surface area (Å²) in [7, 11) is 0. The van der Waals surface area contributed by atoms with Gasteiger partial charge in [-0.3, -0.25) is 10.1 Å². The minimum atomic E-state index is -0.499. The molecular formula is C7H4Br2ClNO2. The van der Waals surface area contributed by atoms with Crippen LogP contribution in [0, 0.1) is 10.1 Å². The van der Waals surface area contributed by atoms with Crippen molar-refractivity contribution in [2.45, 2.75) is 5.33 Å². The monoisotopic (exact) mass is 327 g/mol. The summed E-state index contributed by atoms with van der Waals surface area (Å²) in [6.45, 7) is 0. The van der Waals surface area contributed by atoms with Crippen LogP contribution in [0.1, 0.15) is 5.56 Å². The fourth-order valence-electron chi connectivity index (χ4n) is 0.823. The van der Waals surface area contributed by atoms with E-state index in [1.807, 2.05) is 0 Å². The van der Waals surface area contributed by atoms with Gasteiger partial charge < -0.3 is 0 Å². The molecular weight excluding hydrogens is 325 g/mol. The first-order valence-electron chi connectivity index (χ1n) is 3.24. The second-order valence-electron chi connectivity index (χ2n) is 2.29. The molecule has 70 valence electrons. The Morgan fingerprint density at radius 2 is 2.15 bits per heavy atom. The van der Waals surface area contributed by atoms with Crippen molar-refractivity contribution in [1.82, 2.24) is 0 Å². The highest BCUT2D eigenvalue weighted by atomic mass is 79.9. The summed E-state index contributed by atoms with van der Waals surface area (Å²) in [5.41, 5.74) is 0.732. The zero-order valence-electron chi connectivity index (χ0n) is 6.26. The molecule has 0 amide bonds. The third kappa shape index (κ3) is 2.42. The molecule has 0 unspecified atom stereocenters. The maximum Gasteiger partial charge on any atom is 0.288 e. The molecule has 6 heteroatoms. The van der Waals surface area contributed by atoms with Crippen LogP contribution in [0.5, 0.6) is 0 Å². The van der Waals surface area contributed by atoms with Gasteiger partial charge in [-0.25, -0.2) is 0 Å². The lowest BCUT2D eigenvalue weighted by atomic mass is 10.2. The topological polar surface area (TPSA) is 43.1 Å². The molecule has 13 heavy (non-hydrogen) atoms. The first-order valence-corrected chi connectivity index (χ1v) is 5.53. The summed E-state index contributed by atoms with van der Waals surface area (Å²) >= 11 is 12.1. The van der Waals surface area contributed by atoms with E-state index in [1.54, 1.807) is 0 Å². The molecule has 0 heterocycles. The average molecular weight is 329 g/mol. The van der Waals surface area contributed by atoms with Crippen molar-refractivity contribution >= 4 is 49.1 Å². The van der Waals surface area contributed by atoms with E-state index in [2.05, 4.69) is 31.9 Å². The van der Waals surface area contributed by atoms with Crippen molar-refractivity contribution < 1.29 is 4.92 Å². The van der Waals surface area contributed by atoms with Crippen molar-refractivity contribution in [1.29, 1.82) is 0 Å². The van der Waals surface area contributed by atoms with Gasteiger partial charge in [-0.1, -0.05) is 43.5 Å². The van der Waals surface area contributed by atoms with Crippen LogP contribution in [-0.4, -0.2) is 4.92 Å². The quantitative estimate of drug-likeness (QED) is 0.469. The van der Waals surface area contributed by atoms with Crippen LogP contribution in [0.15, 0.2) is 16.6 Å². The number of nitrogens with zero attached hydrogens (tertiary/aromatic N) is 1. The molecule has 0 radical (unpaired) electrons. The standard InChI is InChI=1S/C7H4Br2ClNO2/c8-3-4-1-7(11(12)13)6(10)2-5(4)9/h1-2H,3H2. The molecule has 1 rings (SSSR count). The van der Waals surface area contributed by atoms with Crippen molar-refractivity contribution in [2.24, 2.45) is 0 Å². The number of benzene rings is 1. The van der Waals surface area contributed by atoms with Gasteiger partial charge in [-0.2, -0.15) is 0 Å². The lowest BCUT2D eigenvalue weighted by molar-refractivity contribution is -0.384. The highest BCUT2D eigenvalue weighted by Crippen LogP contribution is 2.31. The van der Waals surface area contributed by atoms with Crippen LogP contribution in [0.3, 0.4) is 0 Å². The summed E-state index contributed by atoms with van der Waals surface area (Å²) in [6, 6.07) is 2.97. The fraction of sp³-hybridized carbons (Fsp3) is 0.143. The Morgan fingerprint density at radius 3 is 2.62 bits per heavy atom. The smallest absolute Gasteiger partial charge is 0.258 e. The van der Waals surface area contributed by atoms with Gasteiger partial charge in [0, 0.05) is 15.9 Å². The first kappa shape index (κ1) is 10.9. The van der Waals surface area contributed by atoms with Crippen LogP contribution in [0.4, 0.5) is 5.69 Å². The highest BCUT2D eigenvalue weighted by Gasteiger charge is 2.14. The van der Waals surface area contributed by atoms with E-state index in [0.717, 1.165) is 10.0 Å². The summed E-state index contributed by atoms with van der Waals surface area (Å²) in [5, 5.41) is 11.2. The number of alkyl halides is 1. The predicted octanol–water partition coefficient (Wildman–Crippen LogP) is 3.91. The molecule has 0 fully saturated rings. The van der Waals surface area contributed by atoms with Gasteiger partial charge in [-0.05, 0) is 11.6 Å². The maximum absolute atomic E-state index is 10.5. The minimum absolute atomic E-state index is 0.0701. The molecule has 3 nitrogen and oxygen atoms in total. The zero-order chi connectivity index (χ0) is 10.0. The summed E-state index contributed by atoms with van der Waals surface area (Å²) < 4.78 is 0.764. The van der Waals surface area contributed by atoms with Gasteiger partial charge in [0.05, 0.1) is 4.92 Å². The molecule has 0 bridgehead atoms. The maximum atomic E-state index is 10.5. The molecule has 0 saturated heterocycles. The molecule has 0 aliphatic rings. The lowest BCUT2D eigenvalue weighted by Crippen LogP contribution is -1.91. The van der Waals surface area contributed by atoms with Gasteiger partial charge in [0.1, 0.15) is 5.02 Å². The second kappa shape index (κ2) is 4.39. The number of hydrogen-bond donors (Lipinski definition) is 0. The Kier molecular flexibility index (Phi) is 3.70. The molecule has 1 aromatic rings. The van der Waals surface area contributed by atoms with Crippen molar-refractivity contribution in [3.8, 4) is 0 Å². The number of nitro groups is 1. The first-order chi connectivity index (χ1) is 6.06. The van der Waals surface area contributed by atoms with Crippen LogP contribution in [-0.2, 0) is 5.33 Å². The Balaban J connectivity index is 3.30. The van der Waals surface area contributed by atoms with Gasteiger partial charge in [0.15, 0.2) is 0 Å². The minimum Gasteiger partial charge on any atom is -0.258 e. The SMILES string of the molecule is O=[N+]([O-])c1cc(CBr)c(Br)cc1Cl. The predicted molar refractivity (Wildman–Crippen MR) is 58.4 cm³/mol. The van der Waals surface area contributed by atoms with Gasteiger partial charge in [-0.15, -0.1) is 0 Å². The van der Waals surface area contributed by atoms with Crippen LogP contribution in [0.2, 0.25) is 5.02 Å². The highest BCUT2D eigenvalue weighted by molar-refractivity contribution is 9.10. The molecule has 0 saturated carbocycles. The molecule has 0 aliphatic heterocycles. The number of halogens is 3. The molecule has 0 atom stereocenters. The molecule has 0 spiro atoms. The van der Waals surface area contributed by atoms with Crippen LogP contribution < -0.4 is 0 Å². The third-order valence-corrected chi connectivity index (χ3v) is 3.10. The van der Waals surface area contributed by atoms with Gasteiger partial charge in [0.25, 0.3) is 5.69 Å². The Bertz CT molecular complexity index is 357. The summed E-state index contributed by atoms with van der Waals surface area (Å²) in [4.78, 5) is 9.99. The Labute approximate surface area is 96.5 Å². The van der Waals surface area contributed by atoms with E-state index in [1.165, 1.54) is 12.1 Å². The normalized spacial score (nSPS) is 10.1. The van der Waals surface area contributed by atoms with Crippen molar-refractivity contribution in [3.63, 3.8) is 0 Å². The largest absolute Gasteiger partial charge is 0.288 e.